The Kier molecular flexibility index (Phi) is 4.90. The van der Waals surface area contributed by atoms with Gasteiger partial charge in [0.1, 0.15) is 11.3 Å². The second-order valence-corrected chi connectivity index (χ2v) is 3.76. The van der Waals surface area contributed by atoms with Crippen molar-refractivity contribution in [3.8, 4) is 5.75 Å². The van der Waals surface area contributed by atoms with Gasteiger partial charge in [-0.2, -0.15) is 8.78 Å². The smallest absolute Gasteiger partial charge is 0.404 e. The summed E-state index contributed by atoms with van der Waals surface area (Å²) in [6.07, 6.45) is 0. The number of nitro groups is 1. The van der Waals surface area contributed by atoms with Crippen molar-refractivity contribution in [2.75, 3.05) is 13.7 Å². The first kappa shape index (κ1) is 16.5. The van der Waals surface area contributed by atoms with Crippen LogP contribution in [0.15, 0.2) is 18.2 Å². The number of benzene rings is 1. The Morgan fingerprint density at radius 3 is 2.48 bits per heavy atom. The molecule has 1 aromatic carbocycles. The summed E-state index contributed by atoms with van der Waals surface area (Å²) in [6, 6.07) is 2.75. The van der Waals surface area contributed by atoms with E-state index < -0.39 is 33.8 Å². The van der Waals surface area contributed by atoms with Gasteiger partial charge in [-0.15, -0.1) is 0 Å². The number of hydrogen-bond acceptors (Lipinski definition) is 6. The Morgan fingerprint density at radius 2 is 2.00 bits per heavy atom. The first-order valence-corrected chi connectivity index (χ1v) is 5.68. The van der Waals surface area contributed by atoms with Crippen LogP contribution >= 0.6 is 0 Å². The molecule has 0 fully saturated rings. The summed E-state index contributed by atoms with van der Waals surface area (Å²) in [6.45, 7) is 0.925. The minimum Gasteiger partial charge on any atom is -0.497 e. The van der Waals surface area contributed by atoms with Crippen LogP contribution in [0.4, 0.5) is 14.5 Å². The Bertz CT molecular complexity index is 587. The highest BCUT2D eigenvalue weighted by atomic mass is 19.3. The fourth-order valence-corrected chi connectivity index (χ4v) is 1.47. The number of rotatable bonds is 6. The normalized spacial score (nSPS) is 10.9. The molecule has 9 heteroatoms. The van der Waals surface area contributed by atoms with Crippen molar-refractivity contribution in [2.24, 2.45) is 0 Å². The van der Waals surface area contributed by atoms with Gasteiger partial charge in [0.2, 0.25) is 0 Å². The molecule has 1 aromatic rings. The quantitative estimate of drug-likeness (QED) is 0.262. The largest absolute Gasteiger partial charge is 0.497 e. The fourth-order valence-electron chi connectivity index (χ4n) is 1.47. The van der Waals surface area contributed by atoms with E-state index in [0.717, 1.165) is 18.2 Å². The van der Waals surface area contributed by atoms with E-state index in [2.05, 4.69) is 4.74 Å². The van der Waals surface area contributed by atoms with Crippen molar-refractivity contribution in [3.05, 3.63) is 33.9 Å². The van der Waals surface area contributed by atoms with E-state index in [9.17, 15) is 28.5 Å². The van der Waals surface area contributed by atoms with Crippen LogP contribution in [0.5, 0.6) is 5.75 Å². The number of alkyl halides is 2. The number of halogens is 2. The summed E-state index contributed by atoms with van der Waals surface area (Å²) in [5, 5.41) is 10.8. The Labute approximate surface area is 117 Å². The average Bonchev–Trinajstić information content (AvgIpc) is 2.45. The molecule has 0 aliphatic rings. The van der Waals surface area contributed by atoms with Crippen LogP contribution in [0.3, 0.4) is 0 Å². The molecule has 7 nitrogen and oxygen atoms in total. The van der Waals surface area contributed by atoms with Crippen molar-refractivity contribution in [3.63, 3.8) is 0 Å². The molecular formula is C12H11F2NO6. The zero-order chi connectivity index (χ0) is 16.2. The summed E-state index contributed by atoms with van der Waals surface area (Å²) in [7, 11) is 1.19. The highest BCUT2D eigenvalue weighted by Gasteiger charge is 2.51. The lowest BCUT2D eigenvalue weighted by Crippen LogP contribution is -2.39. The molecule has 0 saturated carbocycles. The molecule has 0 spiro atoms. The molecular weight excluding hydrogens is 292 g/mol. The Balaban J connectivity index is 3.33. The van der Waals surface area contributed by atoms with Crippen LogP contribution in [0.1, 0.15) is 17.3 Å². The lowest BCUT2D eigenvalue weighted by molar-refractivity contribution is -0.385. The van der Waals surface area contributed by atoms with Gasteiger partial charge in [0, 0.05) is 6.07 Å². The maximum Gasteiger partial charge on any atom is 0.404 e. The van der Waals surface area contributed by atoms with E-state index in [4.69, 9.17) is 4.74 Å². The average molecular weight is 303 g/mol. The first-order valence-electron chi connectivity index (χ1n) is 5.68. The lowest BCUT2D eigenvalue weighted by Gasteiger charge is -2.13. The van der Waals surface area contributed by atoms with Crippen LogP contribution in [-0.2, 0) is 9.53 Å². The van der Waals surface area contributed by atoms with Crippen molar-refractivity contribution in [2.45, 2.75) is 12.8 Å². The molecule has 0 N–H and O–H groups in total. The molecule has 0 amide bonds. The minimum absolute atomic E-state index is 0.0383. The number of carbonyl (C=O) groups is 2. The zero-order valence-corrected chi connectivity index (χ0v) is 11.1. The number of ether oxygens (including phenoxy) is 2. The van der Waals surface area contributed by atoms with Crippen molar-refractivity contribution >= 4 is 17.4 Å². The number of carbonyl (C=O) groups excluding carboxylic acids is 2. The molecule has 0 aromatic heterocycles. The summed E-state index contributed by atoms with van der Waals surface area (Å²) >= 11 is 0. The number of nitrogens with zero attached hydrogens (tertiary/aromatic N) is 1. The van der Waals surface area contributed by atoms with Gasteiger partial charge in [-0.3, -0.25) is 14.9 Å². The predicted molar refractivity (Wildman–Crippen MR) is 65.6 cm³/mol. The van der Waals surface area contributed by atoms with E-state index >= 15 is 0 Å². The van der Waals surface area contributed by atoms with Gasteiger partial charge in [-0.1, -0.05) is 0 Å². The number of nitro benzene ring substituents is 1. The second kappa shape index (κ2) is 6.25. The molecule has 0 radical (unpaired) electrons. The molecule has 0 bridgehead atoms. The van der Waals surface area contributed by atoms with Gasteiger partial charge >= 0.3 is 11.9 Å². The van der Waals surface area contributed by atoms with Crippen LogP contribution in [0, 0.1) is 10.1 Å². The first-order chi connectivity index (χ1) is 9.75. The summed E-state index contributed by atoms with van der Waals surface area (Å²) in [5.41, 5.74) is -1.79. The highest BCUT2D eigenvalue weighted by molar-refractivity contribution is 6.15. The molecule has 0 saturated heterocycles. The maximum absolute atomic E-state index is 13.7. The van der Waals surface area contributed by atoms with E-state index in [1.165, 1.54) is 14.0 Å². The maximum atomic E-state index is 13.7. The molecule has 0 aliphatic carbocycles. The van der Waals surface area contributed by atoms with Gasteiger partial charge in [-0.25, -0.2) is 4.79 Å². The van der Waals surface area contributed by atoms with E-state index in [1.807, 2.05) is 0 Å². The standard InChI is InChI=1S/C12H11F2NO6/c1-3-21-11(17)12(13,14)10(16)8-6-7(20-2)4-5-9(8)15(18)19/h4-6H,3H2,1-2H3. The molecule has 0 heterocycles. The Morgan fingerprint density at radius 1 is 1.38 bits per heavy atom. The van der Waals surface area contributed by atoms with Crippen molar-refractivity contribution < 1.29 is 32.8 Å². The number of esters is 1. The monoisotopic (exact) mass is 303 g/mol. The highest BCUT2D eigenvalue weighted by Crippen LogP contribution is 2.30. The number of ketones is 1. The molecule has 0 unspecified atom stereocenters. The molecule has 0 atom stereocenters. The molecule has 0 aliphatic heterocycles. The number of hydrogen-bond donors (Lipinski definition) is 0. The third kappa shape index (κ3) is 3.30. The second-order valence-electron chi connectivity index (χ2n) is 3.76. The van der Waals surface area contributed by atoms with Crippen LogP contribution in [0.25, 0.3) is 0 Å². The van der Waals surface area contributed by atoms with Gasteiger partial charge in [0.05, 0.1) is 18.6 Å². The third-order valence-corrected chi connectivity index (χ3v) is 2.46. The fraction of sp³-hybridized carbons (Fsp3) is 0.333. The topological polar surface area (TPSA) is 95.7 Å². The van der Waals surface area contributed by atoms with Crippen molar-refractivity contribution in [1.29, 1.82) is 0 Å². The van der Waals surface area contributed by atoms with Gasteiger partial charge in [0.15, 0.2) is 0 Å². The van der Waals surface area contributed by atoms with Gasteiger partial charge in [-0.05, 0) is 19.1 Å². The van der Waals surface area contributed by atoms with E-state index in [1.54, 1.807) is 0 Å². The van der Waals surface area contributed by atoms with E-state index in [-0.39, 0.29) is 12.4 Å². The van der Waals surface area contributed by atoms with Crippen LogP contribution < -0.4 is 4.74 Å². The third-order valence-electron chi connectivity index (χ3n) is 2.46. The summed E-state index contributed by atoms with van der Waals surface area (Å²) < 4.78 is 36.2. The van der Waals surface area contributed by atoms with Crippen molar-refractivity contribution in [1.82, 2.24) is 0 Å². The number of methoxy groups -OCH3 is 1. The van der Waals surface area contributed by atoms with Gasteiger partial charge in [0.25, 0.3) is 11.5 Å². The molecule has 21 heavy (non-hydrogen) atoms. The predicted octanol–water partition coefficient (Wildman–Crippen LogP) is 1.98. The molecule has 114 valence electrons. The van der Waals surface area contributed by atoms with E-state index in [0.29, 0.717) is 0 Å². The Hall–Kier alpha value is -2.58. The molecule has 1 rings (SSSR count). The SMILES string of the molecule is CCOC(=O)C(F)(F)C(=O)c1cc(OC)ccc1[N+](=O)[O-]. The summed E-state index contributed by atoms with van der Waals surface area (Å²) in [5.74, 6) is -8.64. The lowest BCUT2D eigenvalue weighted by atomic mass is 10.0. The number of Topliss-reactive ketones (excluding diaryl/α,β-unsaturated/α-hetero) is 1. The van der Waals surface area contributed by atoms with Gasteiger partial charge < -0.3 is 9.47 Å². The van der Waals surface area contributed by atoms with Crippen LogP contribution in [-0.4, -0.2) is 36.3 Å². The van der Waals surface area contributed by atoms with Crippen LogP contribution in [0.2, 0.25) is 0 Å². The zero-order valence-electron chi connectivity index (χ0n) is 11.1. The summed E-state index contributed by atoms with van der Waals surface area (Å²) in [4.78, 5) is 32.7. The minimum atomic E-state index is -4.52.